The van der Waals surface area contributed by atoms with Crippen molar-refractivity contribution < 1.29 is 0 Å². The number of rotatable bonds is 1. The predicted molar refractivity (Wildman–Crippen MR) is 81.6 cm³/mol. The van der Waals surface area contributed by atoms with Gasteiger partial charge in [-0.3, -0.25) is 4.98 Å². The summed E-state index contributed by atoms with van der Waals surface area (Å²) in [5.41, 5.74) is 9.37. The van der Waals surface area contributed by atoms with Crippen LogP contribution in [0.25, 0.3) is 22.0 Å². The first-order chi connectivity index (χ1) is 9.15. The van der Waals surface area contributed by atoms with Crippen molar-refractivity contribution in [1.29, 1.82) is 0 Å². The molecule has 2 N–H and O–H groups in total. The van der Waals surface area contributed by atoms with E-state index in [1.165, 1.54) is 0 Å². The van der Waals surface area contributed by atoms with Crippen LogP contribution >= 0.6 is 23.2 Å². The van der Waals surface area contributed by atoms with E-state index in [-0.39, 0.29) is 0 Å². The number of hydrogen-bond acceptors (Lipinski definition) is 2. The van der Waals surface area contributed by atoms with E-state index in [9.17, 15) is 0 Å². The Morgan fingerprint density at radius 3 is 2.42 bits per heavy atom. The Balaban J connectivity index is 2.33. The summed E-state index contributed by atoms with van der Waals surface area (Å²) in [6, 6.07) is 13.1. The molecule has 0 aliphatic heterocycles. The lowest BCUT2D eigenvalue weighted by Gasteiger charge is -2.08. The Hall–Kier alpha value is -1.77. The van der Waals surface area contributed by atoms with Crippen LogP contribution in [-0.4, -0.2) is 4.98 Å². The molecule has 0 atom stereocenters. The molecule has 19 heavy (non-hydrogen) atoms. The van der Waals surface area contributed by atoms with Crippen molar-refractivity contribution in [2.24, 2.45) is 0 Å². The van der Waals surface area contributed by atoms with Crippen molar-refractivity contribution in [2.45, 2.75) is 0 Å². The maximum atomic E-state index is 6.06. The molecular formula is C15H10Cl2N2. The molecule has 3 rings (SSSR count). The molecule has 0 bridgehead atoms. The van der Waals surface area contributed by atoms with Crippen molar-refractivity contribution in [1.82, 2.24) is 4.98 Å². The topological polar surface area (TPSA) is 38.9 Å². The smallest absolute Gasteiger partial charge is 0.0937 e. The molecule has 2 aromatic carbocycles. The van der Waals surface area contributed by atoms with Crippen molar-refractivity contribution in [3.63, 3.8) is 0 Å². The second kappa shape index (κ2) is 4.72. The molecule has 4 heteroatoms. The van der Waals surface area contributed by atoms with Gasteiger partial charge < -0.3 is 5.73 Å². The molecule has 0 aliphatic carbocycles. The molecule has 0 saturated heterocycles. The summed E-state index contributed by atoms with van der Waals surface area (Å²) in [5, 5.41) is 2.20. The molecule has 94 valence electrons. The second-order valence-electron chi connectivity index (χ2n) is 4.26. The van der Waals surface area contributed by atoms with E-state index < -0.39 is 0 Å². The Labute approximate surface area is 120 Å². The molecule has 0 spiro atoms. The third-order valence-electron chi connectivity index (χ3n) is 2.98. The van der Waals surface area contributed by atoms with E-state index in [4.69, 9.17) is 28.9 Å². The number of halogens is 2. The zero-order valence-corrected chi connectivity index (χ0v) is 11.4. The summed E-state index contributed by atoms with van der Waals surface area (Å²) in [6.07, 6.45) is 1.74. The maximum Gasteiger partial charge on any atom is 0.0937 e. The van der Waals surface area contributed by atoms with E-state index in [0.717, 1.165) is 22.0 Å². The minimum absolute atomic E-state index is 0.608. The average Bonchev–Trinajstić information content (AvgIpc) is 2.37. The number of nitrogen functional groups attached to an aromatic ring is 1. The van der Waals surface area contributed by atoms with Gasteiger partial charge in [-0.15, -0.1) is 0 Å². The van der Waals surface area contributed by atoms with Crippen LogP contribution in [0.5, 0.6) is 0 Å². The average molecular weight is 289 g/mol. The largest absolute Gasteiger partial charge is 0.397 e. The van der Waals surface area contributed by atoms with E-state index in [0.29, 0.717) is 15.7 Å². The lowest BCUT2D eigenvalue weighted by atomic mass is 10.0. The lowest BCUT2D eigenvalue weighted by Crippen LogP contribution is -1.91. The number of para-hydroxylation sites is 1. The number of nitrogens with zero attached hydrogens (tertiary/aromatic N) is 1. The Morgan fingerprint density at radius 2 is 1.68 bits per heavy atom. The molecule has 1 heterocycles. The van der Waals surface area contributed by atoms with Gasteiger partial charge >= 0.3 is 0 Å². The number of nitrogens with two attached hydrogens (primary N) is 1. The van der Waals surface area contributed by atoms with Crippen molar-refractivity contribution in [2.75, 3.05) is 5.73 Å². The molecular weight excluding hydrogens is 279 g/mol. The first-order valence-corrected chi connectivity index (χ1v) is 6.50. The van der Waals surface area contributed by atoms with Gasteiger partial charge in [-0.2, -0.15) is 0 Å². The molecule has 0 saturated carbocycles. The summed E-state index contributed by atoms with van der Waals surface area (Å²) >= 11 is 12.1. The Kier molecular flexibility index (Phi) is 3.05. The van der Waals surface area contributed by atoms with Crippen LogP contribution in [0.2, 0.25) is 10.0 Å². The standard InChI is InChI=1S/C15H10Cl2N2/c16-10-6-9(7-11(17)8-10)12-4-5-19-15-13(12)2-1-3-14(15)18/h1-8H,18H2. The summed E-state index contributed by atoms with van der Waals surface area (Å²) in [7, 11) is 0. The third kappa shape index (κ3) is 2.25. The number of hydrogen-bond donors (Lipinski definition) is 1. The second-order valence-corrected chi connectivity index (χ2v) is 5.13. The molecule has 0 radical (unpaired) electrons. The number of pyridine rings is 1. The van der Waals surface area contributed by atoms with Crippen LogP contribution in [0.3, 0.4) is 0 Å². The minimum Gasteiger partial charge on any atom is -0.397 e. The van der Waals surface area contributed by atoms with Gasteiger partial charge in [0.05, 0.1) is 11.2 Å². The highest BCUT2D eigenvalue weighted by molar-refractivity contribution is 6.35. The van der Waals surface area contributed by atoms with E-state index >= 15 is 0 Å². The van der Waals surface area contributed by atoms with Crippen LogP contribution in [0, 0.1) is 0 Å². The monoisotopic (exact) mass is 288 g/mol. The van der Waals surface area contributed by atoms with Crippen LogP contribution in [0.15, 0.2) is 48.7 Å². The zero-order chi connectivity index (χ0) is 13.4. The zero-order valence-electron chi connectivity index (χ0n) is 9.90. The highest BCUT2D eigenvalue weighted by Gasteiger charge is 2.08. The first kappa shape index (κ1) is 12.3. The SMILES string of the molecule is Nc1cccc2c(-c3cc(Cl)cc(Cl)c3)ccnc12. The van der Waals surface area contributed by atoms with Crippen LogP contribution < -0.4 is 5.73 Å². The summed E-state index contributed by atoms with van der Waals surface area (Å²) in [5.74, 6) is 0. The minimum atomic E-state index is 0.608. The highest BCUT2D eigenvalue weighted by atomic mass is 35.5. The van der Waals surface area contributed by atoms with Crippen molar-refractivity contribution in [3.05, 3.63) is 58.7 Å². The molecule has 1 aromatic heterocycles. The predicted octanol–water partition coefficient (Wildman–Crippen LogP) is 4.79. The molecule has 0 amide bonds. The fourth-order valence-electron chi connectivity index (χ4n) is 2.16. The number of fused-ring (bicyclic) bond motifs is 1. The molecule has 3 aromatic rings. The van der Waals surface area contributed by atoms with Gasteiger partial charge in [0.15, 0.2) is 0 Å². The molecule has 2 nitrogen and oxygen atoms in total. The quantitative estimate of drug-likeness (QED) is 0.654. The molecule has 0 fully saturated rings. The summed E-state index contributed by atoms with van der Waals surface area (Å²) in [6.45, 7) is 0. The third-order valence-corrected chi connectivity index (χ3v) is 3.41. The van der Waals surface area contributed by atoms with Crippen molar-refractivity contribution in [3.8, 4) is 11.1 Å². The van der Waals surface area contributed by atoms with Gasteiger partial charge in [0, 0.05) is 21.6 Å². The molecule has 0 aliphatic rings. The Morgan fingerprint density at radius 1 is 0.947 bits per heavy atom. The van der Waals surface area contributed by atoms with Crippen molar-refractivity contribution >= 4 is 39.8 Å². The van der Waals surface area contributed by atoms with Gasteiger partial charge in [0.25, 0.3) is 0 Å². The van der Waals surface area contributed by atoms with E-state index in [1.807, 2.05) is 36.4 Å². The normalized spacial score (nSPS) is 10.8. The number of benzene rings is 2. The summed E-state index contributed by atoms with van der Waals surface area (Å²) in [4.78, 5) is 4.32. The lowest BCUT2D eigenvalue weighted by molar-refractivity contribution is 1.41. The fraction of sp³-hybridized carbons (Fsp3) is 0. The van der Waals surface area contributed by atoms with Gasteiger partial charge in [-0.05, 0) is 41.5 Å². The maximum absolute atomic E-state index is 6.06. The first-order valence-electron chi connectivity index (χ1n) is 5.75. The fourth-order valence-corrected chi connectivity index (χ4v) is 2.69. The van der Waals surface area contributed by atoms with E-state index in [2.05, 4.69) is 4.98 Å². The van der Waals surface area contributed by atoms with Gasteiger partial charge in [0.1, 0.15) is 0 Å². The van der Waals surface area contributed by atoms with Crippen LogP contribution in [0.1, 0.15) is 0 Å². The van der Waals surface area contributed by atoms with Crippen LogP contribution in [0.4, 0.5) is 5.69 Å². The van der Waals surface area contributed by atoms with Gasteiger partial charge in [-0.1, -0.05) is 35.3 Å². The van der Waals surface area contributed by atoms with Gasteiger partial charge in [0.2, 0.25) is 0 Å². The molecule has 0 unspecified atom stereocenters. The van der Waals surface area contributed by atoms with Gasteiger partial charge in [-0.25, -0.2) is 0 Å². The number of anilines is 1. The Bertz CT molecular complexity index is 749. The number of aromatic nitrogens is 1. The summed E-state index contributed by atoms with van der Waals surface area (Å²) < 4.78 is 0. The van der Waals surface area contributed by atoms with Crippen LogP contribution in [-0.2, 0) is 0 Å². The van der Waals surface area contributed by atoms with E-state index in [1.54, 1.807) is 12.3 Å². The highest BCUT2D eigenvalue weighted by Crippen LogP contribution is 2.33.